The third-order valence-corrected chi connectivity index (χ3v) is 8.45. The molecular weight excluding hydrogens is 460 g/mol. The quantitative estimate of drug-likeness (QED) is 0.222. The lowest BCUT2D eigenvalue weighted by Crippen LogP contribution is -2.19. The van der Waals surface area contributed by atoms with Crippen molar-refractivity contribution in [3.05, 3.63) is 89.5 Å². The number of carboxylic acids is 1. The summed E-state index contributed by atoms with van der Waals surface area (Å²) in [6.45, 7) is 8.33. The van der Waals surface area contributed by atoms with Crippen molar-refractivity contribution in [1.82, 2.24) is 0 Å². The van der Waals surface area contributed by atoms with Gasteiger partial charge in [0.15, 0.2) is 14.7 Å². The zero-order valence-electron chi connectivity index (χ0n) is 22.7. The molecule has 0 aliphatic rings. The Morgan fingerprint density at radius 1 is 0.556 bits per heavy atom. The number of hydrogen-bond acceptors (Lipinski definition) is 2. The van der Waals surface area contributed by atoms with Crippen molar-refractivity contribution in [2.75, 3.05) is 0 Å². The first-order valence-electron chi connectivity index (χ1n) is 13.7. The van der Waals surface area contributed by atoms with Gasteiger partial charge in [0.2, 0.25) is 0 Å². The monoisotopic (exact) mass is 504 g/mol. The Hall–Kier alpha value is -2.52. The molecular formula is C33H44O2S. The lowest BCUT2D eigenvalue weighted by molar-refractivity contribution is -0.305. The Balaban J connectivity index is 0.000000830. The number of benzene rings is 3. The average Bonchev–Trinajstić information content (AvgIpc) is 2.92. The first-order valence-corrected chi connectivity index (χ1v) is 15.0. The number of aliphatic carboxylic acids is 1. The summed E-state index contributed by atoms with van der Waals surface area (Å²) in [5.74, 6) is -0.995. The molecule has 194 valence electrons. The van der Waals surface area contributed by atoms with Gasteiger partial charge in [0.05, 0.1) is 10.9 Å². The molecule has 0 amide bonds. The van der Waals surface area contributed by atoms with Gasteiger partial charge in [-0.05, 0) is 98.0 Å². The Morgan fingerprint density at radius 3 is 1.00 bits per heavy atom. The normalized spacial score (nSPS) is 10.7. The minimum Gasteiger partial charge on any atom is -0.550 e. The van der Waals surface area contributed by atoms with E-state index in [0.717, 1.165) is 0 Å². The van der Waals surface area contributed by atoms with Crippen LogP contribution in [0, 0.1) is 0 Å². The van der Waals surface area contributed by atoms with Crippen molar-refractivity contribution in [3.63, 3.8) is 0 Å². The number of aryl methyl sites for hydroxylation is 3. The zero-order valence-corrected chi connectivity index (χ0v) is 23.5. The summed E-state index contributed by atoms with van der Waals surface area (Å²) in [6.07, 6.45) is 11.2. The molecule has 0 N–H and O–H groups in total. The van der Waals surface area contributed by atoms with E-state index in [9.17, 15) is 9.90 Å². The third-order valence-electron chi connectivity index (χ3n) is 6.22. The number of rotatable bonds is 13. The first-order chi connectivity index (χ1) is 17.5. The van der Waals surface area contributed by atoms with E-state index in [-0.39, 0.29) is 17.3 Å². The maximum Gasteiger partial charge on any atom is 0.166 e. The molecule has 0 aliphatic heterocycles. The van der Waals surface area contributed by atoms with Gasteiger partial charge in [0.25, 0.3) is 0 Å². The van der Waals surface area contributed by atoms with Gasteiger partial charge < -0.3 is 9.90 Å². The van der Waals surface area contributed by atoms with Crippen molar-refractivity contribution in [2.45, 2.75) is 107 Å². The van der Waals surface area contributed by atoms with Crippen molar-refractivity contribution in [2.24, 2.45) is 0 Å². The number of hydrogen-bond donors (Lipinski definition) is 0. The molecule has 3 aromatic carbocycles. The number of carbonyl (C=O) groups excluding carboxylic acids is 1. The molecule has 0 spiro atoms. The highest BCUT2D eigenvalue weighted by Gasteiger charge is 2.28. The van der Waals surface area contributed by atoms with E-state index >= 15 is 0 Å². The van der Waals surface area contributed by atoms with Crippen LogP contribution in [0.3, 0.4) is 0 Å². The van der Waals surface area contributed by atoms with Crippen LogP contribution in [0.25, 0.3) is 0 Å². The molecule has 0 aromatic heterocycles. The molecule has 0 radical (unpaired) electrons. The van der Waals surface area contributed by atoms with Crippen LogP contribution in [0.2, 0.25) is 0 Å². The lowest BCUT2D eigenvalue weighted by atomic mass is 10.1. The molecule has 0 atom stereocenters. The second-order valence-corrected chi connectivity index (χ2v) is 11.3. The van der Waals surface area contributed by atoms with Crippen molar-refractivity contribution >= 4 is 16.9 Å². The molecule has 3 rings (SSSR count). The summed E-state index contributed by atoms with van der Waals surface area (Å²) < 4.78 is 0. The van der Waals surface area contributed by atoms with Gasteiger partial charge in [-0.1, -0.05) is 83.4 Å². The van der Waals surface area contributed by atoms with Crippen LogP contribution in [0.4, 0.5) is 0 Å². The number of carbonyl (C=O) groups is 1. The topological polar surface area (TPSA) is 40.1 Å². The molecule has 0 saturated heterocycles. The van der Waals surface area contributed by atoms with E-state index in [0.29, 0.717) is 0 Å². The van der Waals surface area contributed by atoms with E-state index in [2.05, 4.69) is 93.6 Å². The van der Waals surface area contributed by atoms with Gasteiger partial charge in [-0.25, -0.2) is 0 Å². The predicted molar refractivity (Wildman–Crippen MR) is 153 cm³/mol. The van der Waals surface area contributed by atoms with Gasteiger partial charge in [-0.15, -0.1) is 0 Å². The summed E-state index contributed by atoms with van der Waals surface area (Å²) >= 11 is 0. The molecule has 0 unspecified atom stereocenters. The molecule has 2 nitrogen and oxygen atoms in total. The van der Waals surface area contributed by atoms with E-state index in [1.807, 2.05) is 0 Å². The second kappa shape index (κ2) is 17.0. The van der Waals surface area contributed by atoms with Gasteiger partial charge in [0, 0.05) is 5.97 Å². The van der Waals surface area contributed by atoms with Gasteiger partial charge in [-0.3, -0.25) is 0 Å². The standard InChI is InChI=1S/C30H39S.C3H6O2/c1-4-7-10-25-13-19-28(20-14-25)31(29-21-15-26(16-22-29)11-8-5-2)30-23-17-27(18-24-30)12-9-6-3;1-2-3(4)5/h13-24H,4-12H2,1-3H3;2H2,1H3,(H,4,5)/q+1;/p-1. The smallest absolute Gasteiger partial charge is 0.166 e. The summed E-state index contributed by atoms with van der Waals surface area (Å²) in [5, 5.41) is 9.26. The van der Waals surface area contributed by atoms with Crippen LogP contribution in [-0.2, 0) is 35.0 Å². The predicted octanol–water partition coefficient (Wildman–Crippen LogP) is 7.96. The summed E-state index contributed by atoms with van der Waals surface area (Å²) in [6, 6.07) is 28.3. The molecule has 36 heavy (non-hydrogen) atoms. The fraction of sp³-hybridized carbons (Fsp3) is 0.424. The maximum atomic E-state index is 9.26. The van der Waals surface area contributed by atoms with Crippen LogP contribution < -0.4 is 5.11 Å². The minimum atomic E-state index is -0.995. The molecule has 0 heterocycles. The molecule has 0 saturated carbocycles. The Morgan fingerprint density at radius 2 is 0.806 bits per heavy atom. The summed E-state index contributed by atoms with van der Waals surface area (Å²) in [7, 11) is -0.0566. The molecule has 0 bridgehead atoms. The van der Waals surface area contributed by atoms with Crippen LogP contribution in [0.1, 0.15) is 89.3 Å². The fourth-order valence-corrected chi connectivity index (χ4v) is 5.97. The maximum absolute atomic E-state index is 9.26. The van der Waals surface area contributed by atoms with E-state index in [1.54, 1.807) is 0 Å². The highest BCUT2D eigenvalue weighted by atomic mass is 32.2. The van der Waals surface area contributed by atoms with Crippen LogP contribution >= 0.6 is 0 Å². The Kier molecular flexibility index (Phi) is 14.1. The summed E-state index contributed by atoms with van der Waals surface area (Å²) in [5.41, 5.74) is 4.37. The van der Waals surface area contributed by atoms with E-state index in [1.165, 1.54) is 96.1 Å². The van der Waals surface area contributed by atoms with E-state index < -0.39 is 5.97 Å². The average molecular weight is 505 g/mol. The number of carboxylic acid groups (broad SMARTS) is 1. The fourth-order valence-electron chi connectivity index (χ4n) is 3.93. The summed E-state index contributed by atoms with van der Waals surface area (Å²) in [4.78, 5) is 13.5. The Labute approximate surface area is 222 Å². The van der Waals surface area contributed by atoms with Gasteiger partial charge in [0.1, 0.15) is 0 Å². The highest BCUT2D eigenvalue weighted by Crippen LogP contribution is 2.32. The highest BCUT2D eigenvalue weighted by molar-refractivity contribution is 7.97. The van der Waals surface area contributed by atoms with Gasteiger partial charge in [-0.2, -0.15) is 0 Å². The SMILES string of the molecule is CCC(=O)[O-].CCCCc1ccc([S+](c2ccc(CCCC)cc2)c2ccc(CCCC)cc2)cc1. The van der Waals surface area contributed by atoms with Crippen molar-refractivity contribution in [3.8, 4) is 0 Å². The third kappa shape index (κ3) is 10.2. The lowest BCUT2D eigenvalue weighted by Gasteiger charge is -2.10. The molecule has 3 aromatic rings. The zero-order chi connectivity index (χ0) is 26.2. The molecule has 3 heteroatoms. The van der Waals surface area contributed by atoms with Crippen molar-refractivity contribution in [1.29, 1.82) is 0 Å². The van der Waals surface area contributed by atoms with Crippen LogP contribution in [-0.4, -0.2) is 5.97 Å². The first kappa shape index (κ1) is 29.7. The van der Waals surface area contributed by atoms with Crippen molar-refractivity contribution < 1.29 is 9.90 Å². The molecule has 0 aliphatic carbocycles. The van der Waals surface area contributed by atoms with Crippen LogP contribution in [0.15, 0.2) is 87.5 Å². The largest absolute Gasteiger partial charge is 0.550 e. The minimum absolute atomic E-state index is 0.0566. The van der Waals surface area contributed by atoms with Crippen LogP contribution in [0.5, 0.6) is 0 Å². The second-order valence-electron chi connectivity index (χ2n) is 9.27. The number of unbranched alkanes of at least 4 members (excludes halogenated alkanes) is 3. The van der Waals surface area contributed by atoms with Gasteiger partial charge >= 0.3 is 0 Å². The molecule has 0 fully saturated rings. The Bertz CT molecular complexity index is 869. The van der Waals surface area contributed by atoms with E-state index in [4.69, 9.17) is 0 Å².